The molecule has 3 aromatic rings. The first kappa shape index (κ1) is 23.7. The Morgan fingerprint density at radius 1 is 0.833 bits per heavy atom. The lowest BCUT2D eigenvalue weighted by molar-refractivity contribution is -0.126. The van der Waals surface area contributed by atoms with E-state index in [9.17, 15) is 9.59 Å². The summed E-state index contributed by atoms with van der Waals surface area (Å²) in [7, 11) is 3.13. The van der Waals surface area contributed by atoms with Crippen LogP contribution >= 0.6 is 0 Å². The predicted octanol–water partition coefficient (Wildman–Crippen LogP) is 4.54. The van der Waals surface area contributed by atoms with Gasteiger partial charge in [-0.05, 0) is 60.5 Å². The number of hydrogen-bond donors (Lipinski definition) is 0. The zero-order chi connectivity index (χ0) is 25.2. The lowest BCUT2D eigenvalue weighted by Gasteiger charge is -2.29. The molecule has 0 bridgehead atoms. The fourth-order valence-corrected chi connectivity index (χ4v) is 4.75. The largest absolute Gasteiger partial charge is 0.494 e. The molecule has 3 atom stereocenters. The fourth-order valence-electron chi connectivity index (χ4n) is 4.75. The summed E-state index contributed by atoms with van der Waals surface area (Å²) in [5, 5.41) is 1.66. The number of anilines is 2. The smallest absolute Gasteiger partial charge is 0.266 e. The Kier molecular flexibility index (Phi) is 6.52. The summed E-state index contributed by atoms with van der Waals surface area (Å²) in [6.45, 7) is 2.63. The summed E-state index contributed by atoms with van der Waals surface area (Å²) in [5.41, 5.74) is 2.01. The van der Waals surface area contributed by atoms with Crippen molar-refractivity contribution in [3.8, 4) is 17.2 Å². The maximum atomic E-state index is 13.8. The Hall–Kier alpha value is -4.04. The zero-order valence-corrected chi connectivity index (χ0v) is 20.4. The molecule has 0 aliphatic carbocycles. The van der Waals surface area contributed by atoms with E-state index in [0.717, 1.165) is 17.7 Å². The van der Waals surface area contributed by atoms with Crippen LogP contribution in [0.2, 0.25) is 0 Å². The average molecular weight is 489 g/mol. The van der Waals surface area contributed by atoms with Crippen LogP contribution in [-0.4, -0.2) is 38.7 Å². The van der Waals surface area contributed by atoms with E-state index in [1.165, 1.54) is 4.90 Å². The topological polar surface area (TPSA) is 77.5 Å². The van der Waals surface area contributed by atoms with Gasteiger partial charge >= 0.3 is 0 Å². The minimum Gasteiger partial charge on any atom is -0.494 e. The van der Waals surface area contributed by atoms with Gasteiger partial charge in [0.25, 0.3) is 5.91 Å². The van der Waals surface area contributed by atoms with Crippen molar-refractivity contribution in [2.45, 2.75) is 25.5 Å². The molecule has 3 aromatic carbocycles. The number of methoxy groups -OCH3 is 2. The quantitative estimate of drug-likeness (QED) is 0.431. The van der Waals surface area contributed by atoms with Crippen LogP contribution in [0, 0.1) is 5.92 Å². The number of nitrogens with zero attached hydrogens (tertiary/aromatic N) is 2. The molecule has 0 N–H and O–H groups in total. The molecule has 0 spiro atoms. The lowest BCUT2D eigenvalue weighted by atomic mass is 9.90. The van der Waals surface area contributed by atoms with Gasteiger partial charge in [0.05, 0.1) is 38.2 Å². The summed E-state index contributed by atoms with van der Waals surface area (Å²) in [4.78, 5) is 34.7. The SMILES string of the molecule is CCCOc1ccc(N2C(=O)[C@@H]3[C@H](ON(c4ccccc4)[C@@H]3c3ccc(OC)c(OC)c3)C2=O)cc1. The number of para-hydroxylation sites is 1. The molecule has 5 rings (SSSR count). The van der Waals surface area contributed by atoms with Crippen LogP contribution in [0.25, 0.3) is 0 Å². The number of hydrogen-bond acceptors (Lipinski definition) is 7. The van der Waals surface area contributed by atoms with Gasteiger partial charge in [0.15, 0.2) is 17.6 Å². The van der Waals surface area contributed by atoms with Crippen molar-refractivity contribution < 1.29 is 28.6 Å². The normalized spacial score (nSPS) is 21.0. The van der Waals surface area contributed by atoms with Gasteiger partial charge in [-0.2, -0.15) is 0 Å². The first-order valence-electron chi connectivity index (χ1n) is 11.9. The Balaban J connectivity index is 1.52. The number of carbonyl (C=O) groups is 2. The zero-order valence-electron chi connectivity index (χ0n) is 20.4. The van der Waals surface area contributed by atoms with Gasteiger partial charge in [-0.1, -0.05) is 31.2 Å². The second kappa shape index (κ2) is 9.91. The van der Waals surface area contributed by atoms with Crippen LogP contribution in [0.4, 0.5) is 11.4 Å². The van der Waals surface area contributed by atoms with Crippen molar-refractivity contribution in [2.24, 2.45) is 5.92 Å². The summed E-state index contributed by atoms with van der Waals surface area (Å²) in [6, 6.07) is 21.4. The van der Waals surface area contributed by atoms with Crippen molar-refractivity contribution in [2.75, 3.05) is 30.8 Å². The van der Waals surface area contributed by atoms with Gasteiger partial charge in [-0.25, -0.2) is 9.96 Å². The summed E-state index contributed by atoms with van der Waals surface area (Å²) in [5.74, 6) is 0.342. The molecule has 0 aromatic heterocycles. The van der Waals surface area contributed by atoms with Crippen LogP contribution in [-0.2, 0) is 14.4 Å². The standard InChI is InChI=1S/C28H28N2O6/c1-4-16-35-21-13-11-19(12-14-21)29-27(31)24-25(18-10-15-22(33-2)23(17-18)34-3)30(36-26(24)28(29)32)20-8-6-5-7-9-20/h5-15,17,24-26H,4,16H2,1-3H3/t24-,25+,26-/m0/s1. The molecule has 186 valence electrons. The number of carbonyl (C=O) groups excluding carboxylic acids is 2. The first-order valence-corrected chi connectivity index (χ1v) is 11.9. The monoisotopic (exact) mass is 488 g/mol. The van der Waals surface area contributed by atoms with Gasteiger partial charge in [-0.15, -0.1) is 0 Å². The molecule has 0 unspecified atom stereocenters. The Morgan fingerprint density at radius 2 is 1.56 bits per heavy atom. The predicted molar refractivity (Wildman–Crippen MR) is 134 cm³/mol. The molecule has 8 nitrogen and oxygen atoms in total. The highest BCUT2D eigenvalue weighted by Gasteiger charge is 2.60. The molecule has 2 saturated heterocycles. The van der Waals surface area contributed by atoms with E-state index in [-0.39, 0.29) is 5.91 Å². The molecule has 8 heteroatoms. The van der Waals surface area contributed by atoms with Crippen LogP contribution in [0.15, 0.2) is 72.8 Å². The van der Waals surface area contributed by atoms with E-state index in [1.54, 1.807) is 49.6 Å². The molecule has 2 heterocycles. The van der Waals surface area contributed by atoms with E-state index in [4.69, 9.17) is 19.0 Å². The van der Waals surface area contributed by atoms with Crippen molar-refractivity contribution in [1.29, 1.82) is 0 Å². The first-order chi connectivity index (χ1) is 17.6. The van der Waals surface area contributed by atoms with Gasteiger partial charge in [0.2, 0.25) is 5.91 Å². The molecule has 2 amide bonds. The maximum absolute atomic E-state index is 13.8. The number of amides is 2. The third-order valence-electron chi connectivity index (χ3n) is 6.44. The van der Waals surface area contributed by atoms with E-state index < -0.39 is 24.0 Å². The Bertz CT molecular complexity index is 1250. The number of imide groups is 1. The summed E-state index contributed by atoms with van der Waals surface area (Å²) < 4.78 is 16.5. The highest BCUT2D eigenvalue weighted by Crippen LogP contribution is 2.48. The van der Waals surface area contributed by atoms with Crippen LogP contribution < -0.4 is 24.2 Å². The highest BCUT2D eigenvalue weighted by atomic mass is 16.7. The van der Waals surface area contributed by atoms with Gasteiger partial charge in [0.1, 0.15) is 11.7 Å². The van der Waals surface area contributed by atoms with Crippen molar-refractivity contribution in [3.63, 3.8) is 0 Å². The van der Waals surface area contributed by atoms with E-state index in [2.05, 4.69) is 0 Å². The van der Waals surface area contributed by atoms with Gasteiger partial charge in [-0.3, -0.25) is 14.4 Å². The van der Waals surface area contributed by atoms with Gasteiger partial charge in [0, 0.05) is 0 Å². The Labute approximate surface area is 209 Å². The minimum atomic E-state index is -0.952. The Morgan fingerprint density at radius 3 is 2.22 bits per heavy atom. The lowest BCUT2D eigenvalue weighted by Crippen LogP contribution is -2.37. The molecular formula is C28H28N2O6. The minimum absolute atomic E-state index is 0.314. The van der Waals surface area contributed by atoms with Crippen LogP contribution in [0.1, 0.15) is 24.9 Å². The fraction of sp³-hybridized carbons (Fsp3) is 0.286. The van der Waals surface area contributed by atoms with E-state index in [1.807, 2.05) is 49.4 Å². The molecule has 0 radical (unpaired) electrons. The summed E-state index contributed by atoms with van der Waals surface area (Å²) >= 11 is 0. The summed E-state index contributed by atoms with van der Waals surface area (Å²) in [6.07, 6.45) is -0.0621. The number of rotatable bonds is 8. The van der Waals surface area contributed by atoms with E-state index >= 15 is 0 Å². The van der Waals surface area contributed by atoms with Gasteiger partial charge < -0.3 is 14.2 Å². The molecule has 0 saturated carbocycles. The third kappa shape index (κ3) is 4.03. The van der Waals surface area contributed by atoms with Crippen molar-refractivity contribution in [1.82, 2.24) is 0 Å². The molecule has 2 aliphatic heterocycles. The molecule has 2 aliphatic rings. The number of hydroxylamine groups is 1. The number of ether oxygens (including phenoxy) is 3. The van der Waals surface area contributed by atoms with Crippen LogP contribution in [0.5, 0.6) is 17.2 Å². The molecular weight excluding hydrogens is 460 g/mol. The number of benzene rings is 3. The third-order valence-corrected chi connectivity index (χ3v) is 6.44. The highest BCUT2D eigenvalue weighted by molar-refractivity contribution is 6.23. The van der Waals surface area contributed by atoms with Crippen molar-refractivity contribution >= 4 is 23.2 Å². The number of fused-ring (bicyclic) bond motifs is 1. The van der Waals surface area contributed by atoms with E-state index in [0.29, 0.717) is 29.5 Å². The second-order valence-electron chi connectivity index (χ2n) is 8.63. The van der Waals surface area contributed by atoms with Crippen molar-refractivity contribution in [3.05, 3.63) is 78.4 Å². The van der Waals surface area contributed by atoms with Crippen LogP contribution in [0.3, 0.4) is 0 Å². The maximum Gasteiger partial charge on any atom is 0.266 e. The average Bonchev–Trinajstić information content (AvgIpc) is 3.43. The second-order valence-corrected chi connectivity index (χ2v) is 8.63. The molecule has 2 fully saturated rings. The molecule has 36 heavy (non-hydrogen) atoms.